The number of nitrogens with zero attached hydrogens (tertiary/aromatic N) is 2. The first-order valence-corrected chi connectivity index (χ1v) is 11.7. The fraction of sp³-hybridized carbons (Fsp3) is 0.700. The summed E-state index contributed by atoms with van der Waals surface area (Å²) in [5.74, 6) is 0.819. The largest absolute Gasteiger partial charge is 0.497 e. The molecule has 0 spiro atoms. The lowest BCUT2D eigenvalue weighted by molar-refractivity contribution is 0.100. The van der Waals surface area contributed by atoms with Crippen molar-refractivity contribution in [3.05, 3.63) is 29.8 Å². The number of ether oxygens (including phenoxy) is 1. The molecule has 0 aromatic heterocycles. The van der Waals surface area contributed by atoms with Crippen LogP contribution in [-0.2, 0) is 10.0 Å². The Morgan fingerprint density at radius 1 is 1.11 bits per heavy atom. The molecule has 0 amide bonds. The number of benzene rings is 1. The van der Waals surface area contributed by atoms with Crippen LogP contribution in [0.5, 0.6) is 5.75 Å². The SMILES string of the molecule is CCN1CCN(C(CNS(=O)(=O)C2CCCC2)c2ccc(OC)cc2)CC1. The Labute approximate surface area is 163 Å². The van der Waals surface area contributed by atoms with Gasteiger partial charge in [0.1, 0.15) is 5.75 Å². The molecular weight excluding hydrogens is 362 g/mol. The van der Waals surface area contributed by atoms with Crippen molar-refractivity contribution in [3.63, 3.8) is 0 Å². The van der Waals surface area contributed by atoms with Crippen LogP contribution in [0.4, 0.5) is 0 Å². The summed E-state index contributed by atoms with van der Waals surface area (Å²) in [6.07, 6.45) is 3.62. The Kier molecular flexibility index (Phi) is 7.14. The monoisotopic (exact) mass is 395 g/mol. The molecule has 1 aromatic carbocycles. The second-order valence-corrected chi connectivity index (χ2v) is 9.60. The second-order valence-electron chi connectivity index (χ2n) is 7.56. The molecule has 6 nitrogen and oxygen atoms in total. The molecule has 2 fully saturated rings. The Morgan fingerprint density at radius 2 is 1.74 bits per heavy atom. The molecule has 7 heteroatoms. The number of hydrogen-bond donors (Lipinski definition) is 1. The predicted molar refractivity (Wildman–Crippen MR) is 109 cm³/mol. The maximum Gasteiger partial charge on any atom is 0.214 e. The zero-order valence-corrected chi connectivity index (χ0v) is 17.4. The van der Waals surface area contributed by atoms with E-state index in [1.165, 1.54) is 0 Å². The lowest BCUT2D eigenvalue weighted by Gasteiger charge is -2.39. The van der Waals surface area contributed by atoms with Crippen LogP contribution in [-0.4, -0.2) is 69.8 Å². The molecule has 2 aliphatic rings. The van der Waals surface area contributed by atoms with Gasteiger partial charge in [-0.15, -0.1) is 0 Å². The Hall–Kier alpha value is -1.15. The molecule has 3 rings (SSSR count). The minimum atomic E-state index is -3.24. The van der Waals surface area contributed by atoms with Crippen molar-refractivity contribution in [1.29, 1.82) is 0 Å². The standard InChI is InChI=1S/C20H33N3O3S/c1-3-22-12-14-23(15-13-22)20(17-8-10-18(26-2)11-9-17)16-21-27(24,25)19-6-4-5-7-19/h8-11,19-21H,3-7,12-16H2,1-2H3. The van der Waals surface area contributed by atoms with E-state index in [1.807, 2.05) is 12.1 Å². The quantitative estimate of drug-likeness (QED) is 0.731. The summed E-state index contributed by atoms with van der Waals surface area (Å²) in [4.78, 5) is 4.84. The first-order chi connectivity index (χ1) is 13.0. The summed E-state index contributed by atoms with van der Waals surface area (Å²) in [6, 6.07) is 8.07. The van der Waals surface area contributed by atoms with Crippen LogP contribution in [0.3, 0.4) is 0 Å². The first kappa shape index (κ1) is 20.6. The average molecular weight is 396 g/mol. The average Bonchev–Trinajstić information content (AvgIpc) is 3.25. The fourth-order valence-corrected chi connectivity index (χ4v) is 5.77. The van der Waals surface area contributed by atoms with Gasteiger partial charge in [0.15, 0.2) is 0 Å². The summed E-state index contributed by atoms with van der Waals surface area (Å²) >= 11 is 0. The molecule has 1 saturated heterocycles. The van der Waals surface area contributed by atoms with E-state index in [2.05, 4.69) is 33.6 Å². The molecule has 1 aromatic rings. The van der Waals surface area contributed by atoms with Gasteiger partial charge in [-0.3, -0.25) is 4.90 Å². The molecule has 1 saturated carbocycles. The van der Waals surface area contributed by atoms with Crippen LogP contribution in [0.2, 0.25) is 0 Å². The van der Waals surface area contributed by atoms with Gasteiger partial charge >= 0.3 is 0 Å². The van der Waals surface area contributed by atoms with Gasteiger partial charge in [-0.25, -0.2) is 13.1 Å². The van der Waals surface area contributed by atoms with Gasteiger partial charge in [0.25, 0.3) is 0 Å². The van der Waals surface area contributed by atoms with Crippen molar-refractivity contribution in [1.82, 2.24) is 14.5 Å². The zero-order chi connectivity index (χ0) is 19.3. The summed E-state index contributed by atoms with van der Waals surface area (Å²) < 4.78 is 33.6. The molecule has 1 heterocycles. The zero-order valence-electron chi connectivity index (χ0n) is 16.6. The molecule has 27 heavy (non-hydrogen) atoms. The normalized spacial score (nSPS) is 21.4. The Bertz CT molecular complexity index is 679. The molecular formula is C20H33N3O3S. The third-order valence-electron chi connectivity index (χ3n) is 6.01. The van der Waals surface area contributed by atoms with Crippen molar-refractivity contribution in [2.75, 3.05) is 46.4 Å². The highest BCUT2D eigenvalue weighted by atomic mass is 32.2. The topological polar surface area (TPSA) is 61.9 Å². The van der Waals surface area contributed by atoms with Gasteiger partial charge in [0, 0.05) is 38.8 Å². The number of hydrogen-bond acceptors (Lipinski definition) is 5. The van der Waals surface area contributed by atoms with Crippen molar-refractivity contribution in [3.8, 4) is 5.75 Å². The van der Waals surface area contributed by atoms with E-state index in [0.29, 0.717) is 6.54 Å². The summed E-state index contributed by atoms with van der Waals surface area (Å²) in [5, 5.41) is -0.217. The minimum Gasteiger partial charge on any atom is -0.497 e. The molecule has 0 bridgehead atoms. The van der Waals surface area contributed by atoms with Crippen LogP contribution in [0, 0.1) is 0 Å². The number of likely N-dealkylation sites (N-methyl/N-ethyl adjacent to an activating group) is 1. The number of nitrogens with one attached hydrogen (secondary N) is 1. The highest BCUT2D eigenvalue weighted by molar-refractivity contribution is 7.90. The molecule has 152 valence electrons. The van der Waals surface area contributed by atoms with Gasteiger partial charge in [-0.1, -0.05) is 31.9 Å². The highest BCUT2D eigenvalue weighted by Crippen LogP contribution is 2.27. The van der Waals surface area contributed by atoms with E-state index in [0.717, 1.165) is 69.7 Å². The van der Waals surface area contributed by atoms with Crippen molar-refractivity contribution >= 4 is 10.0 Å². The maximum atomic E-state index is 12.7. The smallest absolute Gasteiger partial charge is 0.214 e. The van der Waals surface area contributed by atoms with Crippen LogP contribution in [0.1, 0.15) is 44.2 Å². The van der Waals surface area contributed by atoms with Crippen LogP contribution < -0.4 is 9.46 Å². The van der Waals surface area contributed by atoms with Gasteiger partial charge in [-0.2, -0.15) is 0 Å². The minimum absolute atomic E-state index is 0.0473. The lowest BCUT2D eigenvalue weighted by Crippen LogP contribution is -2.50. The van der Waals surface area contributed by atoms with Gasteiger partial charge in [-0.05, 0) is 37.1 Å². The third-order valence-corrected chi connectivity index (χ3v) is 7.93. The fourth-order valence-electron chi connectivity index (χ4n) is 4.19. The summed E-state index contributed by atoms with van der Waals surface area (Å²) in [6.45, 7) is 7.64. The molecule has 1 aliphatic heterocycles. The Balaban J connectivity index is 1.72. The van der Waals surface area contributed by atoms with Crippen molar-refractivity contribution in [2.45, 2.75) is 43.9 Å². The number of rotatable bonds is 8. The molecule has 1 atom stereocenters. The summed E-state index contributed by atoms with van der Waals surface area (Å²) in [5.41, 5.74) is 1.13. The molecule has 0 radical (unpaired) electrons. The lowest BCUT2D eigenvalue weighted by atomic mass is 10.0. The van der Waals surface area contributed by atoms with Crippen LogP contribution in [0.25, 0.3) is 0 Å². The molecule has 1 unspecified atom stereocenters. The highest BCUT2D eigenvalue weighted by Gasteiger charge is 2.31. The second kappa shape index (κ2) is 9.37. The number of piperazine rings is 1. The van der Waals surface area contributed by atoms with Crippen molar-refractivity contribution in [2.24, 2.45) is 0 Å². The van der Waals surface area contributed by atoms with E-state index < -0.39 is 10.0 Å². The number of methoxy groups -OCH3 is 1. The Morgan fingerprint density at radius 3 is 2.30 bits per heavy atom. The third kappa shape index (κ3) is 5.22. The van der Waals surface area contributed by atoms with E-state index in [4.69, 9.17) is 4.74 Å². The maximum absolute atomic E-state index is 12.7. The van der Waals surface area contributed by atoms with Gasteiger partial charge in [0.05, 0.1) is 12.4 Å². The molecule has 1 N–H and O–H groups in total. The first-order valence-electron chi connectivity index (χ1n) is 10.1. The van der Waals surface area contributed by atoms with E-state index >= 15 is 0 Å². The predicted octanol–water partition coefficient (Wildman–Crippen LogP) is 2.24. The van der Waals surface area contributed by atoms with Crippen LogP contribution in [0.15, 0.2) is 24.3 Å². The van der Waals surface area contributed by atoms with E-state index in [1.54, 1.807) is 7.11 Å². The van der Waals surface area contributed by atoms with E-state index in [-0.39, 0.29) is 11.3 Å². The molecule has 1 aliphatic carbocycles. The van der Waals surface area contributed by atoms with Crippen LogP contribution >= 0.6 is 0 Å². The van der Waals surface area contributed by atoms with Gasteiger partial charge < -0.3 is 9.64 Å². The van der Waals surface area contributed by atoms with Crippen molar-refractivity contribution < 1.29 is 13.2 Å². The van der Waals surface area contributed by atoms with Gasteiger partial charge in [0.2, 0.25) is 10.0 Å². The number of sulfonamides is 1. The summed E-state index contributed by atoms with van der Waals surface area (Å²) in [7, 11) is -1.58. The van der Waals surface area contributed by atoms with E-state index in [9.17, 15) is 8.42 Å².